The number of urea groups is 1. The number of rotatable bonds is 5. The van der Waals surface area contributed by atoms with Crippen LogP contribution in [0.1, 0.15) is 5.56 Å². The molecule has 0 aromatic heterocycles. The van der Waals surface area contributed by atoms with Gasteiger partial charge in [0.15, 0.2) is 6.04 Å². The summed E-state index contributed by atoms with van der Waals surface area (Å²) in [5.41, 5.74) is 0.859. The van der Waals surface area contributed by atoms with Crippen LogP contribution in [0.3, 0.4) is 0 Å². The molecule has 0 aliphatic rings. The van der Waals surface area contributed by atoms with Gasteiger partial charge in [0, 0.05) is 18.6 Å². The van der Waals surface area contributed by atoms with Crippen LogP contribution in [0.2, 0.25) is 5.02 Å². The fourth-order valence-corrected chi connectivity index (χ4v) is 1.51. The Balaban J connectivity index is 2.57. The molecule has 0 saturated carbocycles. The first-order valence-corrected chi connectivity index (χ1v) is 5.91. The highest BCUT2D eigenvalue weighted by Crippen LogP contribution is 2.10. The molecule has 0 bridgehead atoms. The number of aliphatic hydroxyl groups is 1. The van der Waals surface area contributed by atoms with Crippen molar-refractivity contribution in [2.75, 3.05) is 13.7 Å². The average molecular weight is 287 g/mol. The molecular weight excluding hydrogens is 272 g/mol. The summed E-state index contributed by atoms with van der Waals surface area (Å²) < 4.78 is 0. The van der Waals surface area contributed by atoms with Crippen LogP contribution in [0.4, 0.5) is 4.79 Å². The second-order valence-corrected chi connectivity index (χ2v) is 4.44. The van der Waals surface area contributed by atoms with E-state index in [1.165, 1.54) is 11.9 Å². The van der Waals surface area contributed by atoms with Gasteiger partial charge < -0.3 is 20.4 Å². The van der Waals surface area contributed by atoms with E-state index in [9.17, 15) is 9.59 Å². The molecule has 1 aromatic rings. The first-order valence-electron chi connectivity index (χ1n) is 5.53. The van der Waals surface area contributed by atoms with E-state index < -0.39 is 24.6 Å². The molecule has 1 aromatic carbocycles. The number of carbonyl (C=O) groups is 2. The van der Waals surface area contributed by atoms with Gasteiger partial charge in [0.2, 0.25) is 0 Å². The second-order valence-electron chi connectivity index (χ2n) is 4.01. The van der Waals surface area contributed by atoms with Gasteiger partial charge in [-0.3, -0.25) is 0 Å². The number of aliphatic hydroxyl groups excluding tert-OH is 1. The SMILES string of the molecule is CN(Cc1ccc(Cl)cc1)C(=O)N[C@@H](CO)C(=O)O. The number of hydrogen-bond acceptors (Lipinski definition) is 3. The van der Waals surface area contributed by atoms with Gasteiger partial charge >= 0.3 is 12.0 Å². The van der Waals surface area contributed by atoms with E-state index in [-0.39, 0.29) is 0 Å². The summed E-state index contributed by atoms with van der Waals surface area (Å²) >= 11 is 5.75. The molecule has 1 rings (SSSR count). The molecule has 0 radical (unpaired) electrons. The third kappa shape index (κ3) is 4.76. The lowest BCUT2D eigenvalue weighted by molar-refractivity contribution is -0.140. The van der Waals surface area contributed by atoms with Gasteiger partial charge in [-0.2, -0.15) is 0 Å². The van der Waals surface area contributed by atoms with Gasteiger partial charge in [-0.05, 0) is 17.7 Å². The van der Waals surface area contributed by atoms with Gasteiger partial charge in [0.25, 0.3) is 0 Å². The zero-order valence-corrected chi connectivity index (χ0v) is 11.1. The fraction of sp³-hybridized carbons (Fsp3) is 0.333. The van der Waals surface area contributed by atoms with Crippen molar-refractivity contribution in [1.29, 1.82) is 0 Å². The number of carboxylic acid groups (broad SMARTS) is 1. The zero-order valence-electron chi connectivity index (χ0n) is 10.3. The van der Waals surface area contributed by atoms with Crippen molar-refractivity contribution in [3.63, 3.8) is 0 Å². The summed E-state index contributed by atoms with van der Waals surface area (Å²) in [7, 11) is 1.53. The number of amides is 2. The molecule has 0 saturated heterocycles. The lowest BCUT2D eigenvalue weighted by Crippen LogP contribution is -2.48. The average Bonchev–Trinajstić information content (AvgIpc) is 2.37. The molecule has 0 heterocycles. The second kappa shape index (κ2) is 6.96. The Labute approximate surface area is 115 Å². The minimum absolute atomic E-state index is 0.306. The number of halogens is 1. The molecule has 1 atom stereocenters. The molecular formula is C12H15ClN2O4. The van der Waals surface area contributed by atoms with E-state index in [1.807, 2.05) is 0 Å². The van der Waals surface area contributed by atoms with Crippen molar-refractivity contribution in [3.8, 4) is 0 Å². The van der Waals surface area contributed by atoms with Crippen LogP contribution in [0.25, 0.3) is 0 Å². The molecule has 6 nitrogen and oxygen atoms in total. The maximum atomic E-state index is 11.7. The Hall–Kier alpha value is -1.79. The molecule has 0 unspecified atom stereocenters. The number of benzene rings is 1. The van der Waals surface area contributed by atoms with Crippen molar-refractivity contribution in [3.05, 3.63) is 34.9 Å². The van der Waals surface area contributed by atoms with Gasteiger partial charge in [-0.15, -0.1) is 0 Å². The molecule has 104 valence electrons. The van der Waals surface area contributed by atoms with Crippen molar-refractivity contribution < 1.29 is 19.8 Å². The number of nitrogens with zero attached hydrogens (tertiary/aromatic N) is 1. The number of carboxylic acids is 1. The van der Waals surface area contributed by atoms with Crippen LogP contribution < -0.4 is 5.32 Å². The van der Waals surface area contributed by atoms with E-state index in [2.05, 4.69) is 5.32 Å². The number of carbonyl (C=O) groups excluding carboxylic acids is 1. The molecule has 19 heavy (non-hydrogen) atoms. The summed E-state index contributed by atoms with van der Waals surface area (Å²) in [5.74, 6) is -1.28. The molecule has 0 aliphatic carbocycles. The summed E-state index contributed by atoms with van der Waals surface area (Å²) in [5, 5.41) is 20.3. The minimum atomic E-state index is -1.31. The van der Waals surface area contributed by atoms with E-state index >= 15 is 0 Å². The predicted octanol–water partition coefficient (Wildman–Crippen LogP) is 0.927. The highest BCUT2D eigenvalue weighted by Gasteiger charge is 2.20. The van der Waals surface area contributed by atoms with E-state index in [0.717, 1.165) is 5.56 Å². The van der Waals surface area contributed by atoms with Crippen LogP contribution in [0.5, 0.6) is 0 Å². The van der Waals surface area contributed by atoms with Crippen LogP contribution in [0.15, 0.2) is 24.3 Å². The molecule has 0 spiro atoms. The van der Waals surface area contributed by atoms with Crippen LogP contribution in [0, 0.1) is 0 Å². The van der Waals surface area contributed by atoms with E-state index in [4.69, 9.17) is 21.8 Å². The third-order valence-corrected chi connectivity index (χ3v) is 2.71. The number of aliphatic carboxylic acids is 1. The Morgan fingerprint density at radius 1 is 1.37 bits per heavy atom. The summed E-state index contributed by atoms with van der Waals surface area (Å²) in [6.45, 7) is -0.351. The first kappa shape index (κ1) is 15.3. The van der Waals surface area contributed by atoms with Gasteiger partial charge in [0.05, 0.1) is 6.61 Å². The normalized spacial score (nSPS) is 11.7. The van der Waals surface area contributed by atoms with Crippen LogP contribution >= 0.6 is 11.6 Å². The highest BCUT2D eigenvalue weighted by molar-refractivity contribution is 6.30. The Morgan fingerprint density at radius 2 is 1.95 bits per heavy atom. The first-order chi connectivity index (χ1) is 8.93. The lowest BCUT2D eigenvalue weighted by atomic mass is 10.2. The van der Waals surface area contributed by atoms with Crippen molar-refractivity contribution in [1.82, 2.24) is 10.2 Å². The largest absolute Gasteiger partial charge is 0.480 e. The molecule has 0 fully saturated rings. The molecule has 0 aliphatic heterocycles. The van der Waals surface area contributed by atoms with Crippen molar-refractivity contribution in [2.45, 2.75) is 12.6 Å². The van der Waals surface area contributed by atoms with E-state index in [1.54, 1.807) is 24.3 Å². The topological polar surface area (TPSA) is 89.9 Å². The smallest absolute Gasteiger partial charge is 0.328 e. The van der Waals surface area contributed by atoms with Gasteiger partial charge in [-0.1, -0.05) is 23.7 Å². The summed E-state index contributed by atoms with van der Waals surface area (Å²) in [4.78, 5) is 23.7. The van der Waals surface area contributed by atoms with Crippen LogP contribution in [-0.4, -0.2) is 46.8 Å². The summed E-state index contributed by atoms with van der Waals surface area (Å²) in [6, 6.07) is 5.07. The van der Waals surface area contributed by atoms with Gasteiger partial charge in [-0.25, -0.2) is 9.59 Å². The van der Waals surface area contributed by atoms with Crippen molar-refractivity contribution in [2.24, 2.45) is 0 Å². The van der Waals surface area contributed by atoms with E-state index in [0.29, 0.717) is 11.6 Å². The third-order valence-electron chi connectivity index (χ3n) is 2.46. The highest BCUT2D eigenvalue weighted by atomic mass is 35.5. The zero-order chi connectivity index (χ0) is 14.4. The standard InChI is InChI=1S/C12H15ClN2O4/c1-15(6-8-2-4-9(13)5-3-8)12(19)14-10(7-16)11(17)18/h2-5,10,16H,6-7H2,1H3,(H,14,19)(H,17,18)/t10-/m0/s1. The molecule has 2 amide bonds. The predicted molar refractivity (Wildman–Crippen MR) is 70.0 cm³/mol. The number of nitrogens with one attached hydrogen (secondary N) is 1. The molecule has 3 N–H and O–H groups in total. The Morgan fingerprint density at radius 3 is 2.42 bits per heavy atom. The Kier molecular flexibility index (Phi) is 5.59. The summed E-state index contributed by atoms with van der Waals surface area (Å²) in [6.07, 6.45) is 0. The maximum Gasteiger partial charge on any atom is 0.328 e. The lowest BCUT2D eigenvalue weighted by Gasteiger charge is -2.20. The van der Waals surface area contributed by atoms with Crippen LogP contribution in [-0.2, 0) is 11.3 Å². The van der Waals surface area contributed by atoms with Gasteiger partial charge in [0.1, 0.15) is 0 Å². The number of hydrogen-bond donors (Lipinski definition) is 3. The Bertz CT molecular complexity index is 450. The monoisotopic (exact) mass is 286 g/mol. The molecule has 7 heteroatoms. The fourth-order valence-electron chi connectivity index (χ4n) is 1.38. The maximum absolute atomic E-state index is 11.7. The quantitative estimate of drug-likeness (QED) is 0.751. The minimum Gasteiger partial charge on any atom is -0.480 e. The van der Waals surface area contributed by atoms with Crippen molar-refractivity contribution >= 4 is 23.6 Å².